The summed E-state index contributed by atoms with van der Waals surface area (Å²) in [5.74, 6) is -0.0150. The summed E-state index contributed by atoms with van der Waals surface area (Å²) in [6, 6.07) is 9.45. The summed E-state index contributed by atoms with van der Waals surface area (Å²) >= 11 is 0. The highest BCUT2D eigenvalue weighted by atomic mass is 19.4. The SMILES string of the molecule is CNC(=O)c1ccccc1N1CC[C@@H](Oc2ccc(C(F)(F)F)cn2)C1. The van der Waals surface area contributed by atoms with Crippen LogP contribution < -0.4 is 15.0 Å². The number of carbonyl (C=O) groups is 1. The van der Waals surface area contributed by atoms with Gasteiger partial charge < -0.3 is 15.0 Å². The van der Waals surface area contributed by atoms with Gasteiger partial charge in [0.2, 0.25) is 5.88 Å². The van der Waals surface area contributed by atoms with E-state index >= 15 is 0 Å². The minimum Gasteiger partial charge on any atom is -0.472 e. The average Bonchev–Trinajstić information content (AvgIpc) is 3.09. The number of hydrogen-bond donors (Lipinski definition) is 1. The van der Waals surface area contributed by atoms with Crippen molar-refractivity contribution in [3.05, 3.63) is 53.7 Å². The molecule has 1 aromatic carbocycles. The molecule has 2 aromatic rings. The van der Waals surface area contributed by atoms with Crippen LogP contribution in [0.5, 0.6) is 5.88 Å². The number of carbonyl (C=O) groups excluding carboxylic acids is 1. The van der Waals surface area contributed by atoms with Gasteiger partial charge >= 0.3 is 6.18 Å². The quantitative estimate of drug-likeness (QED) is 0.905. The highest BCUT2D eigenvalue weighted by Crippen LogP contribution is 2.30. The fourth-order valence-electron chi connectivity index (χ4n) is 2.91. The molecule has 0 spiro atoms. The summed E-state index contributed by atoms with van der Waals surface area (Å²) in [7, 11) is 1.57. The van der Waals surface area contributed by atoms with Crippen LogP contribution >= 0.6 is 0 Å². The number of para-hydroxylation sites is 1. The highest BCUT2D eigenvalue weighted by Gasteiger charge is 2.31. The zero-order chi connectivity index (χ0) is 18.7. The van der Waals surface area contributed by atoms with Gasteiger partial charge in [-0.2, -0.15) is 13.2 Å². The fraction of sp³-hybridized carbons (Fsp3) is 0.333. The van der Waals surface area contributed by atoms with Crippen LogP contribution in [0, 0.1) is 0 Å². The molecule has 0 aliphatic carbocycles. The van der Waals surface area contributed by atoms with Crippen molar-refractivity contribution in [2.24, 2.45) is 0 Å². The van der Waals surface area contributed by atoms with Crippen LogP contribution in [0.4, 0.5) is 18.9 Å². The maximum absolute atomic E-state index is 12.6. The molecule has 1 atom stereocenters. The topological polar surface area (TPSA) is 54.5 Å². The van der Waals surface area contributed by atoms with Crippen molar-refractivity contribution in [3.63, 3.8) is 0 Å². The number of amides is 1. The summed E-state index contributed by atoms with van der Waals surface area (Å²) in [4.78, 5) is 17.8. The predicted octanol–water partition coefficient (Wildman–Crippen LogP) is 3.12. The monoisotopic (exact) mass is 365 g/mol. The number of benzene rings is 1. The predicted molar refractivity (Wildman–Crippen MR) is 90.3 cm³/mol. The van der Waals surface area contributed by atoms with Gasteiger partial charge in [-0.3, -0.25) is 4.79 Å². The minimum absolute atomic E-state index is 0.157. The summed E-state index contributed by atoms with van der Waals surface area (Å²) in [6.45, 7) is 1.20. The van der Waals surface area contributed by atoms with E-state index in [1.807, 2.05) is 17.0 Å². The zero-order valence-electron chi connectivity index (χ0n) is 14.1. The van der Waals surface area contributed by atoms with Crippen LogP contribution in [-0.2, 0) is 6.18 Å². The zero-order valence-corrected chi connectivity index (χ0v) is 14.1. The van der Waals surface area contributed by atoms with Gasteiger partial charge in [0.15, 0.2) is 0 Å². The lowest BCUT2D eigenvalue weighted by Gasteiger charge is -2.21. The largest absolute Gasteiger partial charge is 0.472 e. The molecule has 0 radical (unpaired) electrons. The molecule has 0 saturated carbocycles. The molecule has 0 bridgehead atoms. The molecule has 1 N–H and O–H groups in total. The van der Waals surface area contributed by atoms with E-state index in [4.69, 9.17) is 4.74 Å². The van der Waals surface area contributed by atoms with Crippen LogP contribution in [0.1, 0.15) is 22.3 Å². The smallest absolute Gasteiger partial charge is 0.417 e. The van der Waals surface area contributed by atoms with E-state index in [1.54, 1.807) is 19.2 Å². The summed E-state index contributed by atoms with van der Waals surface area (Å²) in [5.41, 5.74) is 0.569. The van der Waals surface area contributed by atoms with Crippen molar-refractivity contribution in [2.75, 3.05) is 25.0 Å². The Labute approximate surface area is 148 Å². The maximum atomic E-state index is 12.6. The van der Waals surface area contributed by atoms with Crippen molar-refractivity contribution in [3.8, 4) is 5.88 Å². The molecule has 8 heteroatoms. The van der Waals surface area contributed by atoms with Gasteiger partial charge in [0.25, 0.3) is 5.91 Å². The molecule has 3 rings (SSSR count). The number of aromatic nitrogens is 1. The fourth-order valence-corrected chi connectivity index (χ4v) is 2.91. The van der Waals surface area contributed by atoms with E-state index < -0.39 is 11.7 Å². The van der Waals surface area contributed by atoms with Gasteiger partial charge in [-0.05, 0) is 18.2 Å². The number of halogens is 3. The first kappa shape index (κ1) is 18.0. The molecule has 0 unspecified atom stereocenters. The highest BCUT2D eigenvalue weighted by molar-refractivity contribution is 5.99. The third-order valence-corrected chi connectivity index (χ3v) is 4.21. The van der Waals surface area contributed by atoms with Crippen molar-refractivity contribution in [1.29, 1.82) is 0 Å². The van der Waals surface area contributed by atoms with Crippen molar-refractivity contribution < 1.29 is 22.7 Å². The van der Waals surface area contributed by atoms with Crippen molar-refractivity contribution in [1.82, 2.24) is 10.3 Å². The van der Waals surface area contributed by atoms with E-state index in [0.29, 0.717) is 25.1 Å². The first-order valence-corrected chi connectivity index (χ1v) is 8.14. The summed E-state index contributed by atoms with van der Waals surface area (Å²) < 4.78 is 43.4. The Kier molecular flexibility index (Phi) is 5.01. The molecular weight excluding hydrogens is 347 g/mol. The van der Waals surface area contributed by atoms with E-state index in [-0.39, 0.29) is 17.9 Å². The van der Waals surface area contributed by atoms with Crippen LogP contribution in [0.25, 0.3) is 0 Å². The van der Waals surface area contributed by atoms with E-state index in [2.05, 4.69) is 10.3 Å². The second-order valence-electron chi connectivity index (χ2n) is 5.95. The van der Waals surface area contributed by atoms with Gasteiger partial charge in [-0.15, -0.1) is 0 Å². The van der Waals surface area contributed by atoms with Gasteiger partial charge in [0, 0.05) is 38.0 Å². The Morgan fingerprint density at radius 3 is 2.69 bits per heavy atom. The van der Waals surface area contributed by atoms with Crippen LogP contribution in [-0.4, -0.2) is 37.1 Å². The lowest BCUT2D eigenvalue weighted by molar-refractivity contribution is -0.137. The van der Waals surface area contributed by atoms with E-state index in [1.165, 1.54) is 6.07 Å². The van der Waals surface area contributed by atoms with Crippen LogP contribution in [0.3, 0.4) is 0 Å². The molecule has 138 valence electrons. The number of nitrogens with one attached hydrogen (secondary N) is 1. The lowest BCUT2D eigenvalue weighted by atomic mass is 10.1. The maximum Gasteiger partial charge on any atom is 0.417 e. The molecule has 1 aliphatic rings. The normalized spacial score (nSPS) is 17.2. The molecule has 1 amide bonds. The summed E-state index contributed by atoms with van der Waals surface area (Å²) in [5, 5.41) is 2.61. The Morgan fingerprint density at radius 2 is 2.04 bits per heavy atom. The van der Waals surface area contributed by atoms with Crippen molar-refractivity contribution in [2.45, 2.75) is 18.7 Å². The number of anilines is 1. The van der Waals surface area contributed by atoms with Crippen LogP contribution in [0.15, 0.2) is 42.6 Å². The Morgan fingerprint density at radius 1 is 1.27 bits per heavy atom. The van der Waals surface area contributed by atoms with Gasteiger partial charge in [0.1, 0.15) is 6.10 Å². The molecular formula is C18H18F3N3O2. The molecule has 1 fully saturated rings. The van der Waals surface area contributed by atoms with E-state index in [9.17, 15) is 18.0 Å². The Balaban J connectivity index is 1.67. The third-order valence-electron chi connectivity index (χ3n) is 4.21. The molecule has 1 aromatic heterocycles. The Bertz CT molecular complexity index is 778. The Hall–Kier alpha value is -2.77. The lowest BCUT2D eigenvalue weighted by Crippen LogP contribution is -2.28. The first-order valence-electron chi connectivity index (χ1n) is 8.14. The number of alkyl halides is 3. The van der Waals surface area contributed by atoms with Crippen molar-refractivity contribution >= 4 is 11.6 Å². The van der Waals surface area contributed by atoms with Crippen LogP contribution in [0.2, 0.25) is 0 Å². The minimum atomic E-state index is -4.42. The standard InChI is InChI=1S/C18H18F3N3O2/c1-22-17(25)14-4-2-3-5-15(14)24-9-8-13(11-24)26-16-7-6-12(10-23-16)18(19,20)21/h2-7,10,13H,8-9,11H2,1H3,(H,22,25)/t13-/m1/s1. The number of ether oxygens (including phenoxy) is 1. The third kappa shape index (κ3) is 3.89. The first-order chi connectivity index (χ1) is 12.4. The second-order valence-corrected chi connectivity index (χ2v) is 5.95. The molecule has 5 nitrogen and oxygen atoms in total. The van der Waals surface area contributed by atoms with Gasteiger partial charge in [-0.1, -0.05) is 12.1 Å². The van der Waals surface area contributed by atoms with Gasteiger partial charge in [-0.25, -0.2) is 4.98 Å². The molecule has 1 aliphatic heterocycles. The summed E-state index contributed by atoms with van der Waals surface area (Å²) in [6.07, 6.45) is -3.18. The molecule has 26 heavy (non-hydrogen) atoms. The second kappa shape index (κ2) is 7.23. The number of hydrogen-bond acceptors (Lipinski definition) is 4. The van der Waals surface area contributed by atoms with Gasteiger partial charge in [0.05, 0.1) is 17.7 Å². The number of rotatable bonds is 4. The molecule has 2 heterocycles. The molecule has 1 saturated heterocycles. The number of nitrogens with zero attached hydrogens (tertiary/aromatic N) is 2. The van der Waals surface area contributed by atoms with E-state index in [0.717, 1.165) is 18.0 Å². The number of pyridine rings is 1. The average molecular weight is 365 g/mol.